The molecular weight excluding hydrogens is 340 g/mol. The molecular formula is C22H36N2O3. The fourth-order valence-corrected chi connectivity index (χ4v) is 5.44. The predicted molar refractivity (Wildman–Crippen MR) is 104 cm³/mol. The number of rotatable bonds is 6. The topological polar surface area (TPSA) is 49.9 Å². The van der Waals surface area contributed by atoms with Gasteiger partial charge in [0, 0.05) is 25.6 Å². The number of piperidine rings is 1. The Kier molecular flexibility index (Phi) is 5.50. The van der Waals surface area contributed by atoms with Crippen LogP contribution in [0.1, 0.15) is 78.1 Å². The molecule has 4 aliphatic rings. The van der Waals surface area contributed by atoms with Crippen LogP contribution in [0.15, 0.2) is 0 Å². The van der Waals surface area contributed by atoms with Crippen molar-refractivity contribution >= 4 is 11.8 Å². The van der Waals surface area contributed by atoms with E-state index >= 15 is 0 Å². The summed E-state index contributed by atoms with van der Waals surface area (Å²) in [5.41, 5.74) is -0.0427. The molecule has 2 saturated heterocycles. The van der Waals surface area contributed by atoms with Gasteiger partial charge in [-0.25, -0.2) is 0 Å². The lowest BCUT2D eigenvalue weighted by atomic mass is 9.68. The largest absolute Gasteiger partial charge is 0.366 e. The zero-order valence-corrected chi connectivity index (χ0v) is 17.1. The van der Waals surface area contributed by atoms with Crippen molar-refractivity contribution in [3.05, 3.63) is 0 Å². The van der Waals surface area contributed by atoms with E-state index in [0.717, 1.165) is 45.4 Å². The molecule has 1 atom stereocenters. The van der Waals surface area contributed by atoms with E-state index in [4.69, 9.17) is 4.74 Å². The van der Waals surface area contributed by atoms with E-state index in [0.29, 0.717) is 24.3 Å². The second-order valence-corrected chi connectivity index (χ2v) is 9.74. The number of nitrogens with zero attached hydrogens (tertiary/aromatic N) is 2. The summed E-state index contributed by atoms with van der Waals surface area (Å²) < 4.78 is 6.18. The molecule has 4 rings (SSSR count). The van der Waals surface area contributed by atoms with Crippen LogP contribution >= 0.6 is 0 Å². The molecule has 0 N–H and O–H groups in total. The molecule has 5 heteroatoms. The van der Waals surface area contributed by atoms with E-state index in [1.807, 2.05) is 4.90 Å². The summed E-state index contributed by atoms with van der Waals surface area (Å²) in [7, 11) is 0. The van der Waals surface area contributed by atoms with Gasteiger partial charge in [-0.1, -0.05) is 33.1 Å². The molecule has 2 aliphatic heterocycles. The first-order valence-electron chi connectivity index (χ1n) is 11.2. The van der Waals surface area contributed by atoms with Crippen LogP contribution in [-0.4, -0.2) is 59.0 Å². The zero-order valence-electron chi connectivity index (χ0n) is 17.1. The standard InChI is InChI=1S/C22H36N2O3/c1-16(2)14-19(25)23-12-8-18(9-13-23)24-21(26)20(27-15-17-6-7-17)22(24)10-4-3-5-11-22/h16-18,20H,3-15H2,1-2H3. The molecule has 0 aromatic carbocycles. The molecule has 2 heterocycles. The number of ether oxygens (including phenoxy) is 1. The van der Waals surface area contributed by atoms with Crippen LogP contribution in [0.4, 0.5) is 0 Å². The van der Waals surface area contributed by atoms with Gasteiger partial charge in [-0.3, -0.25) is 9.59 Å². The van der Waals surface area contributed by atoms with Gasteiger partial charge in [0.2, 0.25) is 5.91 Å². The molecule has 2 aliphatic carbocycles. The molecule has 4 fully saturated rings. The zero-order chi connectivity index (χ0) is 19.0. The Balaban J connectivity index is 1.38. The van der Waals surface area contributed by atoms with Gasteiger partial charge in [-0.05, 0) is 50.4 Å². The molecule has 2 saturated carbocycles. The van der Waals surface area contributed by atoms with E-state index in [1.165, 1.54) is 32.1 Å². The quantitative estimate of drug-likeness (QED) is 0.668. The van der Waals surface area contributed by atoms with Crippen molar-refractivity contribution in [2.24, 2.45) is 11.8 Å². The van der Waals surface area contributed by atoms with Crippen LogP contribution in [0.2, 0.25) is 0 Å². The fraction of sp³-hybridized carbons (Fsp3) is 0.909. The third kappa shape index (κ3) is 3.76. The number of β-lactam (4-membered cyclic amide) rings is 1. The van der Waals surface area contributed by atoms with Crippen LogP contribution in [-0.2, 0) is 14.3 Å². The molecule has 27 heavy (non-hydrogen) atoms. The van der Waals surface area contributed by atoms with E-state index in [2.05, 4.69) is 18.7 Å². The van der Waals surface area contributed by atoms with Crippen molar-refractivity contribution in [1.82, 2.24) is 9.80 Å². The van der Waals surface area contributed by atoms with Crippen LogP contribution in [0.5, 0.6) is 0 Å². The highest BCUT2D eigenvalue weighted by Crippen LogP contribution is 2.48. The minimum absolute atomic E-state index is 0.0427. The van der Waals surface area contributed by atoms with Gasteiger partial charge in [-0.2, -0.15) is 0 Å². The maximum atomic E-state index is 13.0. The highest BCUT2D eigenvalue weighted by atomic mass is 16.5. The van der Waals surface area contributed by atoms with Crippen molar-refractivity contribution in [3.8, 4) is 0 Å². The molecule has 0 aromatic heterocycles. The van der Waals surface area contributed by atoms with Gasteiger partial charge in [0.25, 0.3) is 5.91 Å². The van der Waals surface area contributed by atoms with E-state index in [-0.39, 0.29) is 23.5 Å². The van der Waals surface area contributed by atoms with Crippen molar-refractivity contribution in [3.63, 3.8) is 0 Å². The Morgan fingerprint density at radius 3 is 2.37 bits per heavy atom. The van der Waals surface area contributed by atoms with E-state index in [9.17, 15) is 9.59 Å². The van der Waals surface area contributed by atoms with Gasteiger partial charge in [-0.15, -0.1) is 0 Å². The number of carbonyl (C=O) groups is 2. The molecule has 0 aromatic rings. The Bertz CT molecular complexity index is 558. The Hall–Kier alpha value is -1.10. The van der Waals surface area contributed by atoms with Crippen molar-refractivity contribution in [1.29, 1.82) is 0 Å². The van der Waals surface area contributed by atoms with Crippen LogP contribution in [0.25, 0.3) is 0 Å². The second-order valence-electron chi connectivity index (χ2n) is 9.74. The van der Waals surface area contributed by atoms with Gasteiger partial charge in [0.15, 0.2) is 6.10 Å². The summed E-state index contributed by atoms with van der Waals surface area (Å²) in [6.07, 6.45) is 10.7. The SMILES string of the molecule is CC(C)CC(=O)N1CCC(N2C(=O)C(OCC3CC3)C23CCCCC3)CC1. The number of amides is 2. The average molecular weight is 377 g/mol. The summed E-state index contributed by atoms with van der Waals surface area (Å²) in [5.74, 6) is 1.60. The predicted octanol–water partition coefficient (Wildman–Crippen LogP) is 3.36. The molecule has 5 nitrogen and oxygen atoms in total. The van der Waals surface area contributed by atoms with Gasteiger partial charge < -0.3 is 14.5 Å². The lowest BCUT2D eigenvalue weighted by molar-refractivity contribution is -0.211. The molecule has 2 amide bonds. The summed E-state index contributed by atoms with van der Waals surface area (Å²) in [6, 6.07) is 0.291. The van der Waals surface area contributed by atoms with Crippen LogP contribution in [0, 0.1) is 11.8 Å². The van der Waals surface area contributed by atoms with Crippen LogP contribution < -0.4 is 0 Å². The molecule has 1 unspecified atom stereocenters. The highest BCUT2D eigenvalue weighted by molar-refractivity contribution is 5.91. The maximum absolute atomic E-state index is 13.0. The monoisotopic (exact) mass is 376 g/mol. The minimum atomic E-state index is -0.195. The first-order valence-corrected chi connectivity index (χ1v) is 11.2. The van der Waals surface area contributed by atoms with E-state index < -0.39 is 0 Å². The summed E-state index contributed by atoms with van der Waals surface area (Å²) >= 11 is 0. The normalized spacial score (nSPS) is 28.7. The average Bonchev–Trinajstić information content (AvgIpc) is 3.47. The Labute approximate surface area is 163 Å². The number of hydrogen-bond acceptors (Lipinski definition) is 3. The third-order valence-corrected chi connectivity index (χ3v) is 7.11. The summed E-state index contributed by atoms with van der Waals surface area (Å²) in [5, 5.41) is 0. The fourth-order valence-electron chi connectivity index (χ4n) is 5.44. The lowest BCUT2D eigenvalue weighted by Crippen LogP contribution is -2.78. The van der Waals surface area contributed by atoms with Crippen molar-refractivity contribution < 1.29 is 14.3 Å². The second kappa shape index (κ2) is 7.73. The minimum Gasteiger partial charge on any atom is -0.366 e. The van der Waals surface area contributed by atoms with Gasteiger partial charge >= 0.3 is 0 Å². The lowest BCUT2D eigenvalue weighted by Gasteiger charge is -2.62. The van der Waals surface area contributed by atoms with E-state index in [1.54, 1.807) is 0 Å². The Morgan fingerprint density at radius 1 is 1.11 bits per heavy atom. The summed E-state index contributed by atoms with van der Waals surface area (Å²) in [4.78, 5) is 29.6. The molecule has 0 bridgehead atoms. The van der Waals surface area contributed by atoms with Gasteiger partial charge in [0.1, 0.15) is 0 Å². The first-order chi connectivity index (χ1) is 13.0. The van der Waals surface area contributed by atoms with Gasteiger partial charge in [0.05, 0.1) is 12.1 Å². The molecule has 0 radical (unpaired) electrons. The van der Waals surface area contributed by atoms with Crippen LogP contribution in [0.3, 0.4) is 0 Å². The first kappa shape index (κ1) is 19.2. The smallest absolute Gasteiger partial charge is 0.254 e. The van der Waals surface area contributed by atoms with Crippen molar-refractivity contribution in [2.45, 2.75) is 95.7 Å². The Morgan fingerprint density at radius 2 is 1.78 bits per heavy atom. The summed E-state index contributed by atoms with van der Waals surface area (Å²) in [6.45, 7) is 6.55. The highest BCUT2D eigenvalue weighted by Gasteiger charge is 2.62. The maximum Gasteiger partial charge on any atom is 0.254 e. The number of hydrogen-bond donors (Lipinski definition) is 0. The van der Waals surface area contributed by atoms with Crippen molar-refractivity contribution in [2.75, 3.05) is 19.7 Å². The number of likely N-dealkylation sites (tertiary alicyclic amines) is 2. The third-order valence-electron chi connectivity index (χ3n) is 7.11. The molecule has 1 spiro atoms. The number of carbonyl (C=O) groups excluding carboxylic acids is 2. The molecule has 152 valence electrons.